The number of rotatable bonds is 8. The molecule has 0 heterocycles. The van der Waals surface area contributed by atoms with E-state index in [1.54, 1.807) is 24.3 Å². The van der Waals surface area contributed by atoms with Crippen LogP contribution in [0.4, 0.5) is 5.69 Å². The lowest BCUT2D eigenvalue weighted by atomic mass is 9.95. The summed E-state index contributed by atoms with van der Waals surface area (Å²) in [5, 5.41) is 23.3. The summed E-state index contributed by atoms with van der Waals surface area (Å²) < 4.78 is 0. The van der Waals surface area contributed by atoms with Crippen molar-refractivity contribution < 1.29 is 10.0 Å². The number of benzene rings is 1. The van der Waals surface area contributed by atoms with Crippen molar-refractivity contribution in [2.75, 3.05) is 13.2 Å². The van der Waals surface area contributed by atoms with Gasteiger partial charge >= 0.3 is 0 Å². The van der Waals surface area contributed by atoms with Gasteiger partial charge in [-0.15, -0.1) is 0 Å². The molecule has 1 atom stereocenters. The first-order chi connectivity index (χ1) is 9.52. The third-order valence-corrected chi connectivity index (χ3v) is 3.52. The molecule has 0 spiro atoms. The highest BCUT2D eigenvalue weighted by Crippen LogP contribution is 2.19. The predicted octanol–water partition coefficient (Wildman–Crippen LogP) is 2.75. The van der Waals surface area contributed by atoms with Crippen LogP contribution < -0.4 is 5.32 Å². The molecule has 5 nitrogen and oxygen atoms in total. The number of nitrogens with one attached hydrogen (secondary N) is 1. The molecule has 0 saturated heterocycles. The normalized spacial score (nSPS) is 14.3. The van der Waals surface area contributed by atoms with E-state index in [2.05, 4.69) is 19.2 Å². The van der Waals surface area contributed by atoms with Gasteiger partial charge in [0.15, 0.2) is 0 Å². The second kappa shape index (κ2) is 7.77. The Labute approximate surface area is 119 Å². The van der Waals surface area contributed by atoms with E-state index in [0.717, 1.165) is 6.42 Å². The zero-order valence-electron chi connectivity index (χ0n) is 12.0. The van der Waals surface area contributed by atoms with Gasteiger partial charge in [0.1, 0.15) is 0 Å². The van der Waals surface area contributed by atoms with Gasteiger partial charge in [-0.25, -0.2) is 0 Å². The average molecular weight is 278 g/mol. The molecule has 0 saturated carbocycles. The number of hydrogen-bond acceptors (Lipinski definition) is 4. The van der Waals surface area contributed by atoms with Crippen molar-refractivity contribution in [1.29, 1.82) is 0 Å². The number of hydrogen-bond donors (Lipinski definition) is 2. The second-order valence-corrected chi connectivity index (χ2v) is 4.99. The van der Waals surface area contributed by atoms with Crippen LogP contribution >= 0.6 is 0 Å². The van der Waals surface area contributed by atoms with Crippen LogP contribution in [0.15, 0.2) is 30.3 Å². The van der Waals surface area contributed by atoms with E-state index in [9.17, 15) is 10.1 Å². The Bertz CT molecular complexity index is 474. The largest absolute Gasteiger partial charge is 0.396 e. The Morgan fingerprint density at radius 1 is 1.45 bits per heavy atom. The van der Waals surface area contributed by atoms with Gasteiger partial charge in [0.05, 0.1) is 10.5 Å². The summed E-state index contributed by atoms with van der Waals surface area (Å²) in [5.41, 5.74) is 0.596. The highest BCUT2D eigenvalue weighted by Gasteiger charge is 2.19. The van der Waals surface area contributed by atoms with Gasteiger partial charge in [-0.2, -0.15) is 0 Å². The molecule has 0 bridgehead atoms. The summed E-state index contributed by atoms with van der Waals surface area (Å²) >= 11 is 0. The van der Waals surface area contributed by atoms with Gasteiger partial charge < -0.3 is 10.4 Å². The highest BCUT2D eigenvalue weighted by molar-refractivity contribution is 5.60. The summed E-state index contributed by atoms with van der Waals surface area (Å²) in [6.45, 7) is 4.87. The first-order valence-corrected chi connectivity index (χ1v) is 6.78. The standard InChI is InChI=1S/C15H22N2O3/c1-3-15(2,10-12-18)16-11-6-8-13-7-4-5-9-14(13)17(19)20/h4-9,16,18H,3,10-12H2,1-2H3/b8-6+. The van der Waals surface area contributed by atoms with Crippen LogP contribution in [0, 0.1) is 10.1 Å². The van der Waals surface area contributed by atoms with E-state index in [0.29, 0.717) is 18.5 Å². The molecule has 1 aromatic carbocycles. The third-order valence-electron chi connectivity index (χ3n) is 3.52. The van der Waals surface area contributed by atoms with Gasteiger partial charge in [0, 0.05) is 24.8 Å². The van der Waals surface area contributed by atoms with Gasteiger partial charge in [-0.1, -0.05) is 31.2 Å². The molecule has 20 heavy (non-hydrogen) atoms. The quantitative estimate of drug-likeness (QED) is 0.566. The molecule has 0 radical (unpaired) electrons. The van der Waals surface area contributed by atoms with Crippen molar-refractivity contribution in [3.63, 3.8) is 0 Å². The fourth-order valence-corrected chi connectivity index (χ4v) is 1.92. The molecule has 1 rings (SSSR count). The van der Waals surface area contributed by atoms with Crippen LogP contribution in [-0.4, -0.2) is 28.7 Å². The number of aliphatic hydroxyl groups excluding tert-OH is 1. The van der Waals surface area contributed by atoms with E-state index >= 15 is 0 Å². The summed E-state index contributed by atoms with van der Waals surface area (Å²) in [4.78, 5) is 10.5. The van der Waals surface area contributed by atoms with Crippen molar-refractivity contribution >= 4 is 11.8 Å². The summed E-state index contributed by atoms with van der Waals surface area (Å²) in [6, 6.07) is 6.65. The molecule has 0 amide bonds. The minimum absolute atomic E-state index is 0.109. The number of nitro benzene ring substituents is 1. The molecule has 0 aliphatic carbocycles. The van der Waals surface area contributed by atoms with Gasteiger partial charge in [-0.3, -0.25) is 10.1 Å². The monoisotopic (exact) mass is 278 g/mol. The highest BCUT2D eigenvalue weighted by atomic mass is 16.6. The maximum atomic E-state index is 10.9. The van der Waals surface area contributed by atoms with Crippen LogP contribution in [0.2, 0.25) is 0 Å². The molecule has 5 heteroatoms. The van der Waals surface area contributed by atoms with Gasteiger partial charge in [0.2, 0.25) is 0 Å². The Balaban J connectivity index is 2.64. The fraction of sp³-hybridized carbons (Fsp3) is 0.467. The topological polar surface area (TPSA) is 75.4 Å². The molecular weight excluding hydrogens is 256 g/mol. The lowest BCUT2D eigenvalue weighted by molar-refractivity contribution is -0.385. The van der Waals surface area contributed by atoms with Crippen LogP contribution in [0.5, 0.6) is 0 Å². The molecular formula is C15H22N2O3. The van der Waals surface area contributed by atoms with Gasteiger partial charge in [-0.05, 0) is 25.8 Å². The SMILES string of the molecule is CCC(C)(CCO)NC/C=C/c1ccccc1[N+](=O)[O-]. The molecule has 0 aliphatic rings. The van der Waals surface area contributed by atoms with E-state index < -0.39 is 0 Å². The lowest BCUT2D eigenvalue weighted by Gasteiger charge is -2.28. The molecule has 0 aliphatic heterocycles. The number of nitrogens with zero attached hydrogens (tertiary/aromatic N) is 1. The van der Waals surface area contributed by atoms with Crippen molar-refractivity contribution in [1.82, 2.24) is 5.32 Å². The first kappa shape index (κ1) is 16.3. The summed E-state index contributed by atoms with van der Waals surface area (Å²) in [5.74, 6) is 0. The fourth-order valence-electron chi connectivity index (χ4n) is 1.92. The smallest absolute Gasteiger partial charge is 0.276 e. The average Bonchev–Trinajstić information content (AvgIpc) is 2.44. The Kier molecular flexibility index (Phi) is 6.35. The van der Waals surface area contributed by atoms with Crippen molar-refractivity contribution in [3.05, 3.63) is 46.0 Å². The zero-order valence-corrected chi connectivity index (χ0v) is 12.0. The van der Waals surface area contributed by atoms with E-state index in [1.807, 2.05) is 6.08 Å². The van der Waals surface area contributed by atoms with Crippen molar-refractivity contribution in [3.8, 4) is 0 Å². The molecule has 0 fully saturated rings. The number of para-hydroxylation sites is 1. The van der Waals surface area contributed by atoms with Crippen LogP contribution in [0.3, 0.4) is 0 Å². The molecule has 1 unspecified atom stereocenters. The van der Waals surface area contributed by atoms with E-state index in [4.69, 9.17) is 5.11 Å². The van der Waals surface area contributed by atoms with Crippen molar-refractivity contribution in [2.24, 2.45) is 0 Å². The number of aliphatic hydroxyl groups is 1. The van der Waals surface area contributed by atoms with Gasteiger partial charge in [0.25, 0.3) is 5.69 Å². The zero-order chi connectivity index (χ0) is 15.0. The minimum atomic E-state index is -0.380. The molecule has 110 valence electrons. The van der Waals surface area contributed by atoms with Crippen LogP contribution in [0.1, 0.15) is 32.3 Å². The molecule has 2 N–H and O–H groups in total. The number of nitro groups is 1. The minimum Gasteiger partial charge on any atom is -0.396 e. The second-order valence-electron chi connectivity index (χ2n) is 4.99. The maximum absolute atomic E-state index is 10.9. The summed E-state index contributed by atoms with van der Waals surface area (Å²) in [7, 11) is 0. The van der Waals surface area contributed by atoms with Crippen molar-refractivity contribution in [2.45, 2.75) is 32.2 Å². The van der Waals surface area contributed by atoms with Crippen LogP contribution in [-0.2, 0) is 0 Å². The summed E-state index contributed by atoms with van der Waals surface area (Å²) in [6.07, 6.45) is 5.21. The molecule has 1 aromatic rings. The predicted molar refractivity (Wildman–Crippen MR) is 80.5 cm³/mol. The maximum Gasteiger partial charge on any atom is 0.276 e. The molecule has 0 aromatic heterocycles. The first-order valence-electron chi connectivity index (χ1n) is 6.78. The Hall–Kier alpha value is -1.72. The van der Waals surface area contributed by atoms with E-state index in [1.165, 1.54) is 6.07 Å². The van der Waals surface area contributed by atoms with Crippen LogP contribution in [0.25, 0.3) is 6.08 Å². The lowest BCUT2D eigenvalue weighted by Crippen LogP contribution is -2.42. The Morgan fingerprint density at radius 3 is 2.75 bits per heavy atom. The third kappa shape index (κ3) is 4.75. The van der Waals surface area contributed by atoms with E-state index in [-0.39, 0.29) is 22.8 Å². The Morgan fingerprint density at radius 2 is 2.15 bits per heavy atom.